The molecule has 4 fully saturated rings. The van der Waals surface area contributed by atoms with Gasteiger partial charge in [-0.3, -0.25) is 73.4 Å². The lowest BCUT2D eigenvalue weighted by molar-refractivity contribution is -0.275. The molecule has 13 aromatic rings. The maximum Gasteiger partial charge on any atom is 0.573 e. The molecule has 10 aromatic heterocycles. The van der Waals surface area contributed by atoms with Gasteiger partial charge >= 0.3 is 12.7 Å². The number of amides is 5. The first kappa shape index (κ1) is 107. The van der Waals surface area contributed by atoms with Crippen LogP contribution in [-0.4, -0.2) is 163 Å². The molecule has 0 radical (unpaired) electrons. The minimum atomic E-state index is -4.83. The summed E-state index contributed by atoms with van der Waals surface area (Å²) in [6.45, 7) is 41.1. The zero-order valence-corrected chi connectivity index (χ0v) is 84.9. The number of benzene rings is 3. The van der Waals surface area contributed by atoms with E-state index in [0.29, 0.717) is 75.8 Å². The molecule has 33 nitrogen and oxygen atoms in total. The number of anilines is 5. The summed E-state index contributed by atoms with van der Waals surface area (Å²) < 4.78 is 97.7. The van der Waals surface area contributed by atoms with E-state index in [9.17, 15) is 75.8 Å². The number of hydrogen-bond donors (Lipinski definition) is 10. The molecule has 0 unspecified atom stereocenters. The lowest BCUT2D eigenvalue weighted by atomic mass is 9.68. The highest BCUT2D eigenvalue weighted by atomic mass is 19.4. The first-order valence-electron chi connectivity index (χ1n) is 47.8. The van der Waals surface area contributed by atoms with E-state index < -0.39 is 52.4 Å². The smallest absolute Gasteiger partial charge is 0.488 e. The van der Waals surface area contributed by atoms with Crippen molar-refractivity contribution in [2.75, 3.05) is 26.6 Å². The Kier molecular flexibility index (Phi) is 30.4. The third kappa shape index (κ3) is 28.1. The lowest BCUT2D eigenvalue weighted by Gasteiger charge is -2.40. The molecule has 4 aliphatic rings. The fourth-order valence-electron chi connectivity index (χ4n) is 17.0. The summed E-state index contributed by atoms with van der Waals surface area (Å²) in [5.74, 6) is 1.02. The van der Waals surface area contributed by atoms with Crippen molar-refractivity contribution in [1.29, 1.82) is 0 Å². The molecular formula is C104H130F6N20O13. The van der Waals surface area contributed by atoms with Crippen LogP contribution in [0.5, 0.6) is 17.2 Å². The van der Waals surface area contributed by atoms with Gasteiger partial charge < -0.3 is 39.7 Å². The molecule has 766 valence electrons. The predicted octanol–water partition coefficient (Wildman–Crippen LogP) is 20.1. The summed E-state index contributed by atoms with van der Waals surface area (Å²) in [5.41, 5.74) is 4.72. The SMILES string of the molecule is CC(C)(O)CC(=O)Nc1nc2ccc(C(C)(C)O)nc2n1-c1ccc(OC(F)(F)F)cc1.CC1(CC(=O)Nc2nc3ccc(C(C)(C)O)nc3n2-c2ccc(OC(F)(F)F)cc2)CCC1.Cc1ccc2nc(NC(=O)CC(C)(C)C)n(-c3ccc(OC(C)(C)C)cc3)c2n1.Cc1ccc2nc(NC(=O)C[C@@](C)(O)C3CC3)n(C(C)(C)C)c2n1.Cc1ccc2nc(NC(=O)C[C@@](C)(O)C3CC3)n(C3(C)CCC3)c2n1. The number of hydrogen-bond acceptors (Lipinski definition) is 23. The molecule has 39 heteroatoms. The van der Waals surface area contributed by atoms with Crippen molar-refractivity contribution < 1.29 is 90.1 Å². The predicted molar refractivity (Wildman–Crippen MR) is 533 cm³/mol. The largest absolute Gasteiger partial charge is 0.573 e. The number of aromatic nitrogens is 15. The molecule has 3 aromatic carbocycles. The fourth-order valence-corrected chi connectivity index (χ4v) is 17.0. The minimum Gasteiger partial charge on any atom is -0.488 e. The summed E-state index contributed by atoms with van der Waals surface area (Å²) in [6, 6.07) is 35.9. The Morgan fingerprint density at radius 1 is 0.364 bits per heavy atom. The van der Waals surface area contributed by atoms with Crippen molar-refractivity contribution in [2.24, 2.45) is 22.7 Å². The van der Waals surface area contributed by atoms with Crippen LogP contribution in [0.1, 0.15) is 256 Å². The molecule has 17 rings (SSSR count). The Hall–Kier alpha value is -13.1. The van der Waals surface area contributed by atoms with E-state index in [1.54, 1.807) is 70.4 Å². The molecule has 0 spiro atoms. The number of alkyl halides is 6. The molecule has 5 amide bonds. The van der Waals surface area contributed by atoms with Crippen LogP contribution in [0.15, 0.2) is 133 Å². The average Bonchev–Trinajstić information content (AvgIpc) is 1.39. The van der Waals surface area contributed by atoms with Crippen LogP contribution in [0.3, 0.4) is 0 Å². The molecule has 4 aliphatic carbocycles. The van der Waals surface area contributed by atoms with Crippen molar-refractivity contribution in [2.45, 2.75) is 306 Å². The Morgan fingerprint density at radius 2 is 0.678 bits per heavy atom. The molecule has 0 aliphatic heterocycles. The second-order valence-corrected chi connectivity index (χ2v) is 43.7. The fraction of sp³-hybridized carbons (Fsp3) is 0.490. The Balaban J connectivity index is 0.000000151. The number of fused-ring (bicyclic) bond motifs is 5. The number of halogens is 6. The van der Waals surface area contributed by atoms with Crippen molar-refractivity contribution >= 4 is 115 Å². The van der Waals surface area contributed by atoms with Crippen molar-refractivity contribution in [3.05, 3.63) is 162 Å². The van der Waals surface area contributed by atoms with Crippen LogP contribution < -0.4 is 40.8 Å². The number of nitrogens with one attached hydrogen (secondary N) is 5. The number of rotatable bonds is 25. The highest BCUT2D eigenvalue weighted by Crippen LogP contribution is 2.47. The van der Waals surface area contributed by atoms with Gasteiger partial charge in [0.15, 0.2) is 28.2 Å². The number of pyridine rings is 5. The van der Waals surface area contributed by atoms with E-state index in [1.807, 2.05) is 153 Å². The summed E-state index contributed by atoms with van der Waals surface area (Å²) in [5, 5.41) is 65.7. The number of aryl methyl sites for hydroxylation is 3. The molecule has 0 saturated heterocycles. The lowest BCUT2D eigenvalue weighted by Crippen LogP contribution is -2.39. The normalized spacial score (nSPS) is 15.8. The first-order chi connectivity index (χ1) is 66.2. The van der Waals surface area contributed by atoms with Gasteiger partial charge in [-0.25, -0.2) is 49.8 Å². The quantitative estimate of drug-likeness (QED) is 0.0238. The van der Waals surface area contributed by atoms with Crippen molar-refractivity contribution in [3.63, 3.8) is 0 Å². The van der Waals surface area contributed by atoms with Crippen LogP contribution in [0.2, 0.25) is 0 Å². The zero-order valence-electron chi connectivity index (χ0n) is 84.9. The van der Waals surface area contributed by atoms with Gasteiger partial charge in [0.1, 0.15) is 61.6 Å². The molecule has 10 N–H and O–H groups in total. The Morgan fingerprint density at radius 3 is 1.02 bits per heavy atom. The van der Waals surface area contributed by atoms with E-state index in [1.165, 1.54) is 61.2 Å². The molecule has 10 heterocycles. The molecular weight excluding hydrogens is 1850 g/mol. The molecule has 143 heavy (non-hydrogen) atoms. The van der Waals surface area contributed by atoms with Crippen molar-refractivity contribution in [3.8, 4) is 34.3 Å². The standard InChI is InChI=1S/C23H25F3N4O3.C23H30N4O2.C21H23F3N4O4.C19H26N4O2.C18H26N4O2/c1-21(2,32)17-10-9-16-19(28-17)30(14-5-7-15(8-6-14)33-23(24,25)26)20(27-16)29-18(31)13-22(3)11-4-12-22;1-15-8-13-18-20(24-15)27(21(25-18)26-19(28)14-22(2,3)4)16-9-11-17(12-10-16)29-23(5,6)7;1-19(2,30)11-16(29)27-18-25-14-9-10-15(20(3,4)31)26-17(14)28(18)12-5-7-13(8-6-12)32-21(22,23)24;1-12-5-8-14-16(20-12)23(18(2)9-4-10-18)17(21-14)22-15(24)11-19(3,25)13-6-7-13;1-11-6-9-13-15(19-11)22(17(2,3)4)16(20-13)21-14(23)10-18(5,24)12-7-8-12/h5-10,32H,4,11-13H2,1-3H3,(H,27,29,31);8-13H,14H2,1-7H3,(H,25,26,28);5-10,30-31H,11H2,1-4H3,(H,25,27,29);5,8,13,25H,4,6-7,9-11H2,1-3H3,(H,21,22,24);6,9,12,24H,7-8,10H2,1-5H3,(H,20,21,23)/t;;;19-;18-/m...11/s1. The van der Waals surface area contributed by atoms with Gasteiger partial charge in [-0.1, -0.05) is 34.1 Å². The average molecular weight is 1980 g/mol. The third-order valence-corrected chi connectivity index (χ3v) is 24.6. The topological polar surface area (TPSA) is 428 Å². The number of aliphatic hydroxyl groups is 5. The summed E-state index contributed by atoms with van der Waals surface area (Å²) in [7, 11) is 0. The van der Waals surface area contributed by atoms with Crippen LogP contribution in [0.25, 0.3) is 72.9 Å². The van der Waals surface area contributed by atoms with E-state index in [-0.39, 0.29) is 106 Å². The van der Waals surface area contributed by atoms with Crippen LogP contribution in [-0.2, 0) is 46.3 Å². The maximum atomic E-state index is 12.7. The van der Waals surface area contributed by atoms with Gasteiger partial charge in [0.05, 0.1) is 64.5 Å². The summed E-state index contributed by atoms with van der Waals surface area (Å²) in [6.07, 6.45) is 1.40. The highest BCUT2D eigenvalue weighted by Gasteiger charge is 2.45. The number of nitrogens with zero attached hydrogens (tertiary/aromatic N) is 15. The van der Waals surface area contributed by atoms with Gasteiger partial charge in [-0.2, -0.15) is 0 Å². The maximum absolute atomic E-state index is 12.7. The number of ether oxygens (including phenoxy) is 3. The minimum absolute atomic E-state index is 0.0379. The second-order valence-electron chi connectivity index (χ2n) is 43.7. The van der Waals surface area contributed by atoms with Gasteiger partial charge in [-0.15, -0.1) is 26.3 Å². The second kappa shape index (κ2) is 40.6. The van der Waals surface area contributed by atoms with Crippen LogP contribution >= 0.6 is 0 Å². The van der Waals surface area contributed by atoms with Gasteiger partial charge in [0, 0.05) is 41.0 Å². The van der Waals surface area contributed by atoms with Crippen LogP contribution in [0.4, 0.5) is 56.1 Å². The summed E-state index contributed by atoms with van der Waals surface area (Å²) in [4.78, 5) is 108. The molecule has 4 saturated carbocycles. The van der Waals surface area contributed by atoms with E-state index in [0.717, 1.165) is 126 Å². The number of carbonyl (C=O) groups excluding carboxylic acids is 5. The summed E-state index contributed by atoms with van der Waals surface area (Å²) >= 11 is 0. The molecule has 2 atom stereocenters. The van der Waals surface area contributed by atoms with Gasteiger partial charge in [0.25, 0.3) is 0 Å². The van der Waals surface area contributed by atoms with Gasteiger partial charge in [-0.05, 0) is 339 Å². The monoisotopic (exact) mass is 1980 g/mol. The van der Waals surface area contributed by atoms with Crippen molar-refractivity contribution in [1.82, 2.24) is 72.7 Å². The molecule has 0 bridgehead atoms. The van der Waals surface area contributed by atoms with E-state index >= 15 is 0 Å². The van der Waals surface area contributed by atoms with E-state index in [2.05, 4.69) is 104 Å². The first-order valence-corrected chi connectivity index (χ1v) is 47.8. The van der Waals surface area contributed by atoms with E-state index in [4.69, 9.17) is 4.74 Å². The highest BCUT2D eigenvalue weighted by molar-refractivity contribution is 5.96. The van der Waals surface area contributed by atoms with Crippen LogP contribution in [0, 0.1) is 43.4 Å². The Bertz CT molecular complexity index is 6820. The number of carbonyl (C=O) groups is 5. The zero-order chi connectivity index (χ0) is 105. The Labute approximate surface area is 825 Å². The number of imidazole rings is 5. The third-order valence-electron chi connectivity index (χ3n) is 24.6. The van der Waals surface area contributed by atoms with Gasteiger partial charge in [0.2, 0.25) is 59.3 Å².